The number of nitrogens with one attached hydrogen (secondary N) is 1. The van der Waals surface area contributed by atoms with Crippen LogP contribution < -0.4 is 10.1 Å². The summed E-state index contributed by atoms with van der Waals surface area (Å²) in [5.41, 5.74) is 2.30. The van der Waals surface area contributed by atoms with Crippen molar-refractivity contribution in [1.82, 2.24) is 9.46 Å². The zero-order chi connectivity index (χ0) is 26.4. The molecule has 0 saturated carbocycles. The van der Waals surface area contributed by atoms with Crippen LogP contribution in [0.4, 0.5) is 5.69 Å². The van der Waals surface area contributed by atoms with Gasteiger partial charge in [-0.2, -0.15) is 4.31 Å². The Morgan fingerprint density at radius 3 is 2.30 bits per heavy atom. The maximum atomic E-state index is 12.7. The fourth-order valence-corrected chi connectivity index (χ4v) is 5.44. The summed E-state index contributed by atoms with van der Waals surface area (Å²) in [6, 6.07) is 12.3. The van der Waals surface area contributed by atoms with Gasteiger partial charge in [0, 0.05) is 18.8 Å². The summed E-state index contributed by atoms with van der Waals surface area (Å²) in [5, 5.41) is 6.48. The molecule has 0 unspecified atom stereocenters. The molecule has 1 saturated heterocycles. The van der Waals surface area contributed by atoms with E-state index >= 15 is 0 Å². The van der Waals surface area contributed by atoms with Crippen LogP contribution in [0, 0.1) is 13.8 Å². The molecule has 2 aromatic carbocycles. The van der Waals surface area contributed by atoms with E-state index in [1.54, 1.807) is 24.3 Å². The van der Waals surface area contributed by atoms with Crippen LogP contribution in [-0.2, 0) is 26.2 Å². The Labute approximate surface area is 215 Å². The molecule has 1 fully saturated rings. The highest BCUT2D eigenvalue weighted by Gasteiger charge is 2.25. The van der Waals surface area contributed by atoms with Crippen LogP contribution in [0.5, 0.6) is 5.75 Å². The van der Waals surface area contributed by atoms with E-state index in [0.717, 1.165) is 30.5 Å². The van der Waals surface area contributed by atoms with Crippen LogP contribution in [0.15, 0.2) is 57.9 Å². The van der Waals surface area contributed by atoms with Gasteiger partial charge >= 0.3 is 5.97 Å². The van der Waals surface area contributed by atoms with Gasteiger partial charge in [-0.3, -0.25) is 4.79 Å². The van der Waals surface area contributed by atoms with Gasteiger partial charge in [-0.1, -0.05) is 11.6 Å². The number of aromatic nitrogens is 1. The van der Waals surface area contributed by atoms with E-state index in [4.69, 9.17) is 14.0 Å². The van der Waals surface area contributed by atoms with Gasteiger partial charge in [-0.25, -0.2) is 13.2 Å². The van der Waals surface area contributed by atoms with E-state index in [1.165, 1.54) is 28.6 Å². The zero-order valence-corrected chi connectivity index (χ0v) is 21.5. The second-order valence-electron chi connectivity index (χ2n) is 8.73. The van der Waals surface area contributed by atoms with Crippen molar-refractivity contribution in [3.05, 3.63) is 71.1 Å². The summed E-state index contributed by atoms with van der Waals surface area (Å²) in [7, 11) is -3.55. The summed E-state index contributed by atoms with van der Waals surface area (Å²) >= 11 is 0. The number of esters is 1. The first-order chi connectivity index (χ1) is 17.7. The Kier molecular flexibility index (Phi) is 8.24. The molecule has 0 bridgehead atoms. The molecular weight excluding hydrogens is 498 g/mol. The van der Waals surface area contributed by atoms with Crippen LogP contribution in [0.3, 0.4) is 0 Å². The Morgan fingerprint density at radius 2 is 1.68 bits per heavy atom. The molecule has 1 aliphatic heterocycles. The number of carbonyl (C=O) groups excluding carboxylic acids is 2. The lowest BCUT2D eigenvalue weighted by molar-refractivity contribution is -0.119. The Hall–Kier alpha value is -3.70. The number of anilines is 1. The first-order valence-electron chi connectivity index (χ1n) is 12.0. The predicted molar refractivity (Wildman–Crippen MR) is 135 cm³/mol. The van der Waals surface area contributed by atoms with Gasteiger partial charge in [0.25, 0.3) is 5.91 Å². The number of carbonyl (C=O) groups is 2. The molecule has 37 heavy (non-hydrogen) atoms. The molecule has 1 N–H and O–H groups in total. The summed E-state index contributed by atoms with van der Waals surface area (Å²) in [6.07, 6.45) is 2.74. The van der Waals surface area contributed by atoms with Crippen molar-refractivity contribution in [1.29, 1.82) is 0 Å². The fourth-order valence-electron chi connectivity index (χ4n) is 3.93. The Morgan fingerprint density at radius 1 is 1.00 bits per heavy atom. The van der Waals surface area contributed by atoms with Crippen molar-refractivity contribution in [2.24, 2.45) is 0 Å². The van der Waals surface area contributed by atoms with Crippen molar-refractivity contribution >= 4 is 27.6 Å². The summed E-state index contributed by atoms with van der Waals surface area (Å²) in [4.78, 5) is 24.7. The van der Waals surface area contributed by atoms with Gasteiger partial charge in [0.15, 0.2) is 6.61 Å². The number of nitrogens with zero attached hydrogens (tertiary/aromatic N) is 2. The van der Waals surface area contributed by atoms with Crippen molar-refractivity contribution < 1.29 is 32.0 Å². The van der Waals surface area contributed by atoms with E-state index < -0.39 is 28.5 Å². The molecule has 1 aromatic heterocycles. The third-order valence-corrected chi connectivity index (χ3v) is 7.99. The van der Waals surface area contributed by atoms with E-state index in [-0.39, 0.29) is 17.1 Å². The highest BCUT2D eigenvalue weighted by molar-refractivity contribution is 7.89. The number of amides is 1. The number of rotatable bonds is 9. The van der Waals surface area contributed by atoms with Crippen LogP contribution in [0.1, 0.15) is 46.6 Å². The molecule has 196 valence electrons. The average molecular weight is 528 g/mol. The van der Waals surface area contributed by atoms with Crippen LogP contribution in [0.2, 0.25) is 0 Å². The number of sulfonamides is 1. The second-order valence-corrected chi connectivity index (χ2v) is 10.7. The molecule has 11 heteroatoms. The van der Waals surface area contributed by atoms with Crippen molar-refractivity contribution in [2.45, 2.75) is 44.6 Å². The maximum absolute atomic E-state index is 12.7. The molecule has 0 radical (unpaired) electrons. The number of ether oxygens (including phenoxy) is 2. The summed E-state index contributed by atoms with van der Waals surface area (Å²) in [5.74, 6) is 0.0456. The number of benzene rings is 2. The lowest BCUT2D eigenvalue weighted by atomic mass is 10.2. The maximum Gasteiger partial charge on any atom is 0.338 e. The number of piperidine rings is 1. The van der Waals surface area contributed by atoms with Gasteiger partial charge in [0.1, 0.15) is 18.1 Å². The van der Waals surface area contributed by atoms with Crippen LogP contribution in [-0.4, -0.2) is 49.5 Å². The molecule has 0 atom stereocenters. The lowest BCUT2D eigenvalue weighted by Crippen LogP contribution is -2.35. The van der Waals surface area contributed by atoms with Crippen LogP contribution in [0.25, 0.3) is 0 Å². The number of hydrogen-bond donors (Lipinski definition) is 1. The highest BCUT2D eigenvalue weighted by Crippen LogP contribution is 2.22. The van der Waals surface area contributed by atoms with Gasteiger partial charge in [-0.15, -0.1) is 0 Å². The van der Waals surface area contributed by atoms with E-state index in [2.05, 4.69) is 10.5 Å². The molecule has 3 aromatic rings. The zero-order valence-electron chi connectivity index (χ0n) is 20.7. The largest absolute Gasteiger partial charge is 0.489 e. The Balaban J connectivity index is 1.25. The SMILES string of the molecule is Cc1noc(C)c1COc1ccc(C(=O)OCC(=O)Nc2ccc(S(=O)(=O)N3CCCCC3)cc2)cc1. The third kappa shape index (κ3) is 6.55. The molecule has 4 rings (SSSR count). The molecule has 1 amide bonds. The smallest absolute Gasteiger partial charge is 0.338 e. The third-order valence-electron chi connectivity index (χ3n) is 6.08. The highest BCUT2D eigenvalue weighted by atomic mass is 32.2. The van der Waals surface area contributed by atoms with Gasteiger partial charge in [0.2, 0.25) is 10.0 Å². The van der Waals surface area contributed by atoms with Gasteiger partial charge in [-0.05, 0) is 75.2 Å². The van der Waals surface area contributed by atoms with Crippen molar-refractivity contribution in [3.63, 3.8) is 0 Å². The van der Waals surface area contributed by atoms with E-state index in [1.807, 2.05) is 13.8 Å². The van der Waals surface area contributed by atoms with E-state index in [0.29, 0.717) is 30.3 Å². The monoisotopic (exact) mass is 527 g/mol. The Bertz CT molecular complexity index is 1320. The minimum Gasteiger partial charge on any atom is -0.489 e. The first-order valence-corrected chi connectivity index (χ1v) is 13.4. The molecule has 2 heterocycles. The lowest BCUT2D eigenvalue weighted by Gasteiger charge is -2.25. The molecule has 1 aliphatic rings. The van der Waals surface area contributed by atoms with Gasteiger partial charge < -0.3 is 19.3 Å². The van der Waals surface area contributed by atoms with Crippen LogP contribution >= 0.6 is 0 Å². The first kappa shape index (κ1) is 26.4. The average Bonchev–Trinajstić information content (AvgIpc) is 3.23. The molecule has 0 spiro atoms. The standard InChI is InChI=1S/C26H29N3O7S/c1-18-24(19(2)36-28-18)16-34-22-10-6-20(7-11-22)26(31)35-17-25(30)27-21-8-12-23(13-9-21)37(32,33)29-14-4-3-5-15-29/h6-13H,3-5,14-17H2,1-2H3,(H,27,30). The quantitative estimate of drug-likeness (QED) is 0.416. The molecular formula is C26H29N3O7S. The summed E-state index contributed by atoms with van der Waals surface area (Å²) in [6.45, 7) is 4.48. The predicted octanol–water partition coefficient (Wildman–Crippen LogP) is 3.84. The van der Waals surface area contributed by atoms with Crippen molar-refractivity contribution in [3.8, 4) is 5.75 Å². The second kappa shape index (κ2) is 11.6. The molecule has 0 aliphatic carbocycles. The molecule has 10 nitrogen and oxygen atoms in total. The fraction of sp³-hybridized carbons (Fsp3) is 0.346. The number of hydrogen-bond acceptors (Lipinski definition) is 8. The summed E-state index contributed by atoms with van der Waals surface area (Å²) < 4.78 is 42.9. The normalized spacial score (nSPS) is 14.2. The number of aryl methyl sites for hydroxylation is 2. The minimum atomic E-state index is -3.55. The van der Waals surface area contributed by atoms with E-state index in [9.17, 15) is 18.0 Å². The topological polar surface area (TPSA) is 128 Å². The van der Waals surface area contributed by atoms with Crippen molar-refractivity contribution in [2.75, 3.05) is 25.0 Å². The van der Waals surface area contributed by atoms with Gasteiger partial charge in [0.05, 0.1) is 21.7 Å². The minimum absolute atomic E-state index is 0.179.